The normalized spacial score (nSPS) is 10.2. The topological polar surface area (TPSA) is 79.2 Å². The molecule has 1 heterocycles. The number of amides is 2. The highest BCUT2D eigenvalue weighted by atomic mass is 16.3. The summed E-state index contributed by atoms with van der Waals surface area (Å²) in [7, 11) is 1.86. The van der Waals surface area contributed by atoms with E-state index in [0.29, 0.717) is 6.54 Å². The van der Waals surface area contributed by atoms with E-state index in [1.54, 1.807) is 4.68 Å². The number of hydrogen-bond donors (Lipinski definition) is 3. The molecule has 0 fully saturated rings. The molecule has 6 nitrogen and oxygen atoms in total. The predicted molar refractivity (Wildman–Crippen MR) is 59.9 cm³/mol. The van der Waals surface area contributed by atoms with Crippen molar-refractivity contribution in [1.82, 2.24) is 20.4 Å². The van der Waals surface area contributed by atoms with Crippen molar-refractivity contribution in [2.24, 2.45) is 7.05 Å². The molecule has 0 spiro atoms. The van der Waals surface area contributed by atoms with Gasteiger partial charge in [0.15, 0.2) is 0 Å². The average Bonchev–Trinajstić information content (AvgIpc) is 2.64. The number of hydrogen-bond acceptors (Lipinski definition) is 3. The molecule has 0 aromatic carbocycles. The van der Waals surface area contributed by atoms with Crippen LogP contribution in [0.15, 0.2) is 6.20 Å². The molecule has 2 amide bonds. The Morgan fingerprint density at radius 2 is 2.31 bits per heavy atom. The number of nitrogens with zero attached hydrogens (tertiary/aromatic N) is 2. The minimum Gasteiger partial charge on any atom is -0.395 e. The van der Waals surface area contributed by atoms with Gasteiger partial charge in [-0.15, -0.1) is 0 Å². The molecule has 1 aromatic rings. The Morgan fingerprint density at radius 1 is 1.56 bits per heavy atom. The van der Waals surface area contributed by atoms with Crippen LogP contribution >= 0.6 is 0 Å². The zero-order valence-corrected chi connectivity index (χ0v) is 9.66. The Hall–Kier alpha value is -1.56. The van der Waals surface area contributed by atoms with E-state index in [4.69, 9.17) is 5.11 Å². The Bertz CT molecular complexity index is 349. The van der Waals surface area contributed by atoms with Crippen LogP contribution in [0.4, 0.5) is 4.79 Å². The minimum absolute atomic E-state index is 0.0550. The fraction of sp³-hybridized carbons (Fsp3) is 0.600. The van der Waals surface area contributed by atoms with Crippen LogP contribution in [0.2, 0.25) is 0 Å². The molecular formula is C10H18N4O2. The lowest BCUT2D eigenvalue weighted by Gasteiger charge is -2.05. The summed E-state index contributed by atoms with van der Waals surface area (Å²) in [6.07, 6.45) is 2.74. The van der Waals surface area contributed by atoms with Gasteiger partial charge in [0.1, 0.15) is 0 Å². The number of carbonyl (C=O) groups excluding carboxylic acids is 1. The third-order valence-electron chi connectivity index (χ3n) is 2.16. The van der Waals surface area contributed by atoms with Crippen LogP contribution in [0, 0.1) is 0 Å². The van der Waals surface area contributed by atoms with E-state index in [-0.39, 0.29) is 19.2 Å². The van der Waals surface area contributed by atoms with Crippen molar-refractivity contribution < 1.29 is 9.90 Å². The van der Waals surface area contributed by atoms with E-state index >= 15 is 0 Å². The molecule has 0 atom stereocenters. The number of aliphatic hydroxyl groups is 1. The largest absolute Gasteiger partial charge is 0.395 e. The first-order valence-electron chi connectivity index (χ1n) is 5.31. The van der Waals surface area contributed by atoms with Crippen molar-refractivity contribution in [3.05, 3.63) is 17.5 Å². The molecule has 0 unspecified atom stereocenters. The number of aromatic nitrogens is 2. The van der Waals surface area contributed by atoms with E-state index < -0.39 is 0 Å². The average molecular weight is 226 g/mol. The first-order chi connectivity index (χ1) is 7.67. The van der Waals surface area contributed by atoms with Crippen LogP contribution in [-0.2, 0) is 20.0 Å². The fourth-order valence-electron chi connectivity index (χ4n) is 1.44. The molecular weight excluding hydrogens is 208 g/mol. The van der Waals surface area contributed by atoms with Gasteiger partial charge in [0.2, 0.25) is 0 Å². The van der Waals surface area contributed by atoms with Gasteiger partial charge in [-0.3, -0.25) is 4.68 Å². The fourth-order valence-corrected chi connectivity index (χ4v) is 1.44. The third-order valence-corrected chi connectivity index (χ3v) is 2.16. The Balaban J connectivity index is 2.44. The highest BCUT2D eigenvalue weighted by molar-refractivity contribution is 5.73. The van der Waals surface area contributed by atoms with Crippen LogP contribution in [0.1, 0.15) is 18.2 Å². The van der Waals surface area contributed by atoms with Crippen molar-refractivity contribution in [2.75, 3.05) is 13.2 Å². The summed E-state index contributed by atoms with van der Waals surface area (Å²) in [5, 5.41) is 18.0. The summed E-state index contributed by atoms with van der Waals surface area (Å²) < 4.78 is 1.74. The zero-order valence-electron chi connectivity index (χ0n) is 9.66. The van der Waals surface area contributed by atoms with E-state index in [2.05, 4.69) is 15.7 Å². The molecule has 90 valence electrons. The van der Waals surface area contributed by atoms with Crippen molar-refractivity contribution >= 4 is 6.03 Å². The maximum Gasteiger partial charge on any atom is 0.315 e. The van der Waals surface area contributed by atoms with Crippen molar-refractivity contribution in [2.45, 2.75) is 19.9 Å². The second kappa shape index (κ2) is 6.12. The van der Waals surface area contributed by atoms with Crippen molar-refractivity contribution in [3.8, 4) is 0 Å². The smallest absolute Gasteiger partial charge is 0.315 e. The van der Waals surface area contributed by atoms with Crippen LogP contribution in [0.3, 0.4) is 0 Å². The summed E-state index contributed by atoms with van der Waals surface area (Å²) in [4.78, 5) is 11.2. The maximum atomic E-state index is 11.2. The number of carbonyl (C=O) groups is 1. The predicted octanol–water partition coefficient (Wildman–Crippen LogP) is -0.226. The van der Waals surface area contributed by atoms with Crippen molar-refractivity contribution in [1.29, 1.82) is 0 Å². The molecule has 0 saturated carbocycles. The Kier molecular flexibility index (Phi) is 4.78. The van der Waals surface area contributed by atoms with Gasteiger partial charge >= 0.3 is 6.03 Å². The molecule has 0 aliphatic heterocycles. The highest BCUT2D eigenvalue weighted by Crippen LogP contribution is 2.06. The molecule has 0 saturated heterocycles. The number of rotatable bonds is 5. The summed E-state index contributed by atoms with van der Waals surface area (Å²) in [6, 6.07) is -0.278. The number of aliphatic hydroxyl groups excluding tert-OH is 1. The molecule has 0 bridgehead atoms. The molecule has 6 heteroatoms. The summed E-state index contributed by atoms with van der Waals surface area (Å²) in [5.74, 6) is 0. The molecule has 0 aliphatic rings. The lowest BCUT2D eigenvalue weighted by atomic mass is 10.2. The Labute approximate surface area is 94.6 Å². The van der Waals surface area contributed by atoms with Gasteiger partial charge < -0.3 is 15.7 Å². The first-order valence-corrected chi connectivity index (χ1v) is 5.31. The van der Waals surface area contributed by atoms with Gasteiger partial charge in [0.05, 0.1) is 12.3 Å². The quantitative estimate of drug-likeness (QED) is 0.649. The number of aryl methyl sites for hydroxylation is 2. The van der Waals surface area contributed by atoms with Gasteiger partial charge in [-0.25, -0.2) is 4.79 Å². The van der Waals surface area contributed by atoms with Gasteiger partial charge in [0.25, 0.3) is 0 Å². The van der Waals surface area contributed by atoms with Gasteiger partial charge in [-0.2, -0.15) is 5.10 Å². The molecule has 0 radical (unpaired) electrons. The van der Waals surface area contributed by atoms with Gasteiger partial charge in [-0.1, -0.05) is 6.92 Å². The number of urea groups is 1. The molecule has 3 N–H and O–H groups in total. The summed E-state index contributed by atoms with van der Waals surface area (Å²) in [5.41, 5.74) is 2.01. The van der Waals surface area contributed by atoms with Crippen LogP contribution in [0.5, 0.6) is 0 Å². The van der Waals surface area contributed by atoms with E-state index in [1.807, 2.05) is 20.2 Å². The SMILES string of the molecule is CCc1nn(C)cc1CNC(=O)NCCO. The molecule has 1 rings (SSSR count). The summed E-state index contributed by atoms with van der Waals surface area (Å²) in [6.45, 7) is 2.69. The first kappa shape index (κ1) is 12.5. The second-order valence-electron chi connectivity index (χ2n) is 3.46. The number of nitrogens with one attached hydrogen (secondary N) is 2. The second-order valence-corrected chi connectivity index (χ2v) is 3.46. The molecule has 0 aliphatic carbocycles. The van der Waals surface area contributed by atoms with Gasteiger partial charge in [0, 0.05) is 31.9 Å². The Morgan fingerprint density at radius 3 is 2.94 bits per heavy atom. The highest BCUT2D eigenvalue weighted by Gasteiger charge is 2.06. The van der Waals surface area contributed by atoms with Crippen LogP contribution in [0.25, 0.3) is 0 Å². The molecule has 16 heavy (non-hydrogen) atoms. The minimum atomic E-state index is -0.278. The standard InChI is InChI=1S/C10H18N4O2/c1-3-9-8(7-14(2)13-9)6-12-10(16)11-4-5-15/h7,15H,3-6H2,1-2H3,(H2,11,12,16). The lowest BCUT2D eigenvalue weighted by Crippen LogP contribution is -2.36. The van der Waals surface area contributed by atoms with Gasteiger partial charge in [-0.05, 0) is 6.42 Å². The van der Waals surface area contributed by atoms with E-state index in [0.717, 1.165) is 17.7 Å². The maximum absolute atomic E-state index is 11.2. The third kappa shape index (κ3) is 3.54. The van der Waals surface area contributed by atoms with Crippen LogP contribution < -0.4 is 10.6 Å². The van der Waals surface area contributed by atoms with Crippen LogP contribution in [-0.4, -0.2) is 34.1 Å². The monoisotopic (exact) mass is 226 g/mol. The lowest BCUT2D eigenvalue weighted by molar-refractivity contribution is 0.234. The molecule has 1 aromatic heterocycles. The van der Waals surface area contributed by atoms with Crippen molar-refractivity contribution in [3.63, 3.8) is 0 Å². The zero-order chi connectivity index (χ0) is 12.0. The summed E-state index contributed by atoms with van der Waals surface area (Å²) >= 11 is 0. The van der Waals surface area contributed by atoms with E-state index in [9.17, 15) is 4.79 Å². The van der Waals surface area contributed by atoms with E-state index in [1.165, 1.54) is 0 Å².